The number of likely N-dealkylation sites (tertiary alicyclic amines) is 2. The number of hydrogen-bond acceptors (Lipinski definition) is 4. The van der Waals surface area contributed by atoms with Gasteiger partial charge in [-0.1, -0.05) is 31.2 Å². The number of halogens is 2. The lowest BCUT2D eigenvalue weighted by atomic mass is 9.86. The van der Waals surface area contributed by atoms with Crippen molar-refractivity contribution in [3.8, 4) is 0 Å². The zero-order valence-electron chi connectivity index (χ0n) is 18.4. The van der Waals surface area contributed by atoms with Crippen molar-refractivity contribution in [2.75, 3.05) is 39.3 Å². The molecule has 0 N–H and O–H groups in total. The zero-order valence-corrected chi connectivity index (χ0v) is 19.2. The fourth-order valence-corrected chi connectivity index (χ4v) is 8.13. The number of alkyl halides is 2. The molecule has 0 aromatic heterocycles. The molecule has 172 valence electrons. The summed E-state index contributed by atoms with van der Waals surface area (Å²) < 4.78 is 51.5. The van der Waals surface area contributed by atoms with Gasteiger partial charge in [-0.15, -0.1) is 0 Å². The normalized spacial score (nSPS) is 33.0. The Bertz CT molecular complexity index is 919. The third kappa shape index (κ3) is 4.18. The van der Waals surface area contributed by atoms with E-state index >= 15 is 0 Å². The van der Waals surface area contributed by atoms with Crippen molar-refractivity contribution in [3.63, 3.8) is 0 Å². The largest absolute Gasteiger partial charge is 0.303 e. The van der Waals surface area contributed by atoms with E-state index in [1.165, 1.54) is 5.56 Å². The van der Waals surface area contributed by atoms with E-state index in [4.69, 9.17) is 0 Å². The molecule has 3 atom stereocenters. The smallest absolute Gasteiger partial charge is 0.261 e. The molecule has 31 heavy (non-hydrogen) atoms. The summed E-state index contributed by atoms with van der Waals surface area (Å²) >= 11 is 0. The summed E-state index contributed by atoms with van der Waals surface area (Å²) in [4.78, 5) is 4.40. The van der Waals surface area contributed by atoms with Crippen LogP contribution in [0.15, 0.2) is 24.3 Å². The second-order valence-electron chi connectivity index (χ2n) is 10.3. The molecular formula is C24H34F2N2O2S. The van der Waals surface area contributed by atoms with Crippen molar-refractivity contribution < 1.29 is 17.2 Å². The number of sulfone groups is 1. The van der Waals surface area contributed by atoms with E-state index in [9.17, 15) is 17.2 Å². The first kappa shape index (κ1) is 21.8. The lowest BCUT2D eigenvalue weighted by Gasteiger charge is -2.27. The minimum absolute atomic E-state index is 0.000896. The summed E-state index contributed by atoms with van der Waals surface area (Å²) in [5.41, 5.74) is 2.43. The lowest BCUT2D eigenvalue weighted by molar-refractivity contribution is 0.0119. The minimum Gasteiger partial charge on any atom is -0.303 e. The van der Waals surface area contributed by atoms with Crippen LogP contribution in [0.2, 0.25) is 0 Å². The van der Waals surface area contributed by atoms with E-state index in [1.54, 1.807) is 0 Å². The molecule has 1 aromatic carbocycles. The van der Waals surface area contributed by atoms with Crippen molar-refractivity contribution in [2.45, 2.75) is 61.4 Å². The molecule has 4 aliphatic rings. The van der Waals surface area contributed by atoms with Crippen LogP contribution in [0.25, 0.3) is 0 Å². The maximum atomic E-state index is 13.3. The zero-order chi connectivity index (χ0) is 21.9. The first-order chi connectivity index (χ1) is 14.7. The molecule has 2 aliphatic heterocycles. The average molecular weight is 453 g/mol. The van der Waals surface area contributed by atoms with Crippen LogP contribution in [-0.4, -0.2) is 68.7 Å². The number of rotatable bonds is 9. The van der Waals surface area contributed by atoms with Gasteiger partial charge < -0.3 is 4.90 Å². The Hall–Kier alpha value is -1.05. The Labute approximate surface area is 184 Å². The highest BCUT2D eigenvalue weighted by Crippen LogP contribution is 2.65. The SMILES string of the molecule is CCC1(c2cccc(CS(=O)(=O)C3CC3)c2)[C@@H]2CN(CCCN3CCC(F)(F)C3)C[C@@H]21. The average Bonchev–Trinajstić information content (AvgIpc) is 3.59. The third-order valence-electron chi connectivity index (χ3n) is 8.26. The molecule has 2 heterocycles. The van der Waals surface area contributed by atoms with Crippen LogP contribution in [0.4, 0.5) is 8.78 Å². The predicted octanol–water partition coefficient (Wildman–Crippen LogP) is 3.70. The van der Waals surface area contributed by atoms with Gasteiger partial charge in [-0.05, 0) is 61.7 Å². The predicted molar refractivity (Wildman–Crippen MR) is 118 cm³/mol. The molecule has 0 radical (unpaired) electrons. The Morgan fingerprint density at radius 2 is 1.81 bits per heavy atom. The van der Waals surface area contributed by atoms with Crippen molar-refractivity contribution in [1.82, 2.24) is 9.80 Å². The van der Waals surface area contributed by atoms with Crippen LogP contribution < -0.4 is 0 Å². The highest BCUT2D eigenvalue weighted by molar-refractivity contribution is 7.91. The van der Waals surface area contributed by atoms with Gasteiger partial charge in [0.25, 0.3) is 5.92 Å². The summed E-state index contributed by atoms with van der Waals surface area (Å²) in [6.45, 7) is 6.57. The minimum atomic E-state index is -3.00. The van der Waals surface area contributed by atoms with Gasteiger partial charge in [0.2, 0.25) is 0 Å². The summed E-state index contributed by atoms with van der Waals surface area (Å²) in [6.07, 6.45) is 3.67. The van der Waals surface area contributed by atoms with E-state index in [0.717, 1.165) is 57.4 Å². The summed E-state index contributed by atoms with van der Waals surface area (Å²) in [5, 5.41) is -0.114. The number of fused-ring (bicyclic) bond motifs is 1. The maximum absolute atomic E-state index is 13.3. The monoisotopic (exact) mass is 452 g/mol. The summed E-state index contributed by atoms with van der Waals surface area (Å²) in [7, 11) is -3.00. The fraction of sp³-hybridized carbons (Fsp3) is 0.750. The van der Waals surface area contributed by atoms with E-state index in [2.05, 4.69) is 24.0 Å². The molecule has 2 aliphatic carbocycles. The number of benzene rings is 1. The van der Waals surface area contributed by atoms with Gasteiger partial charge >= 0.3 is 0 Å². The molecule has 0 bridgehead atoms. The molecule has 2 saturated heterocycles. The first-order valence-electron chi connectivity index (χ1n) is 11.9. The Balaban J connectivity index is 1.16. The highest BCUT2D eigenvalue weighted by atomic mass is 32.2. The summed E-state index contributed by atoms with van der Waals surface area (Å²) in [6, 6.07) is 8.33. The molecule has 1 aromatic rings. The number of piperidine rings is 1. The van der Waals surface area contributed by atoms with E-state index < -0.39 is 15.8 Å². The molecule has 0 spiro atoms. The summed E-state index contributed by atoms with van der Waals surface area (Å²) in [5.74, 6) is -1.07. The topological polar surface area (TPSA) is 40.6 Å². The van der Waals surface area contributed by atoms with Gasteiger partial charge in [0, 0.05) is 31.5 Å². The second kappa shape index (κ2) is 7.77. The maximum Gasteiger partial charge on any atom is 0.261 e. The highest BCUT2D eigenvalue weighted by Gasteiger charge is 2.67. The quantitative estimate of drug-likeness (QED) is 0.573. The number of nitrogens with zero attached hydrogens (tertiary/aromatic N) is 2. The van der Waals surface area contributed by atoms with E-state index in [-0.39, 0.29) is 29.4 Å². The van der Waals surface area contributed by atoms with Crippen LogP contribution in [0, 0.1) is 11.8 Å². The van der Waals surface area contributed by atoms with Gasteiger partial charge in [0.05, 0.1) is 17.5 Å². The lowest BCUT2D eigenvalue weighted by Crippen LogP contribution is -2.33. The van der Waals surface area contributed by atoms with E-state index in [1.807, 2.05) is 17.0 Å². The Kier molecular flexibility index (Phi) is 5.46. The van der Waals surface area contributed by atoms with Crippen LogP contribution >= 0.6 is 0 Å². The van der Waals surface area contributed by atoms with Gasteiger partial charge in [0.15, 0.2) is 9.84 Å². The number of hydrogen-bond donors (Lipinski definition) is 0. The molecule has 7 heteroatoms. The molecular weight excluding hydrogens is 418 g/mol. The fourth-order valence-electron chi connectivity index (χ4n) is 6.40. The van der Waals surface area contributed by atoms with Gasteiger partial charge in [0.1, 0.15) is 0 Å². The first-order valence-corrected chi connectivity index (χ1v) is 13.6. The molecule has 4 nitrogen and oxygen atoms in total. The van der Waals surface area contributed by atoms with Crippen molar-refractivity contribution >= 4 is 9.84 Å². The van der Waals surface area contributed by atoms with Gasteiger partial charge in [-0.3, -0.25) is 4.90 Å². The second-order valence-corrected chi connectivity index (χ2v) is 12.6. The van der Waals surface area contributed by atoms with Crippen LogP contribution in [0.1, 0.15) is 50.2 Å². The molecule has 0 amide bonds. The van der Waals surface area contributed by atoms with Crippen LogP contribution in [-0.2, 0) is 21.0 Å². The van der Waals surface area contributed by atoms with Gasteiger partial charge in [-0.25, -0.2) is 17.2 Å². The Morgan fingerprint density at radius 1 is 1.10 bits per heavy atom. The molecule has 1 unspecified atom stereocenters. The molecule has 4 fully saturated rings. The van der Waals surface area contributed by atoms with Crippen LogP contribution in [0.5, 0.6) is 0 Å². The van der Waals surface area contributed by atoms with Crippen LogP contribution in [0.3, 0.4) is 0 Å². The molecule has 5 rings (SSSR count). The third-order valence-corrected chi connectivity index (χ3v) is 10.5. The van der Waals surface area contributed by atoms with Crippen molar-refractivity contribution in [3.05, 3.63) is 35.4 Å². The van der Waals surface area contributed by atoms with Crippen molar-refractivity contribution in [1.29, 1.82) is 0 Å². The standard InChI is InChI=1S/C24H34F2N2O2S/c1-2-24(19-6-3-5-18(13-19)16-31(29,30)20-7-8-20)21-14-28(15-22(21)24)11-4-10-27-12-9-23(25,26)17-27/h3,5-6,13,20-22H,2,4,7-12,14-17H2,1H3/t21-,22+,24?. The molecule has 2 saturated carbocycles. The van der Waals surface area contributed by atoms with E-state index in [0.29, 0.717) is 18.4 Å². The Morgan fingerprint density at radius 3 is 2.42 bits per heavy atom. The van der Waals surface area contributed by atoms with Gasteiger partial charge in [-0.2, -0.15) is 0 Å². The van der Waals surface area contributed by atoms with Crippen molar-refractivity contribution in [2.24, 2.45) is 11.8 Å².